The number of halogens is 1. The maximum atomic E-state index is 12.3. The van der Waals surface area contributed by atoms with Crippen molar-refractivity contribution in [2.75, 3.05) is 68.8 Å². The molecule has 0 saturated carbocycles. The highest BCUT2D eigenvalue weighted by Gasteiger charge is 2.30. The summed E-state index contributed by atoms with van der Waals surface area (Å²) >= 11 is 6.75. The minimum atomic E-state index is -0.0244. The molecular weight excluding hydrogens is 698 g/mol. The van der Waals surface area contributed by atoms with Crippen LogP contribution >= 0.6 is 11.6 Å². The van der Waals surface area contributed by atoms with Crippen LogP contribution in [0.5, 0.6) is 6.01 Å². The molecular formula is C43H52ClN7O3. The summed E-state index contributed by atoms with van der Waals surface area (Å²) in [6.45, 7) is 15.5. The maximum Gasteiger partial charge on any atom is 0.318 e. The number of hydrogen-bond donors (Lipinski definition) is 0. The number of carbonyl (C=O) groups excluding carboxylic acids is 1. The fourth-order valence-electron chi connectivity index (χ4n) is 7.79. The summed E-state index contributed by atoms with van der Waals surface area (Å²) < 4.78 is 12.5. The number of fused-ring (bicyclic) bond motifs is 2. The van der Waals surface area contributed by atoms with Crippen molar-refractivity contribution in [1.29, 1.82) is 5.26 Å². The first kappa shape index (κ1) is 39.0. The molecule has 1 amide bonds. The second-order valence-electron chi connectivity index (χ2n) is 14.2. The van der Waals surface area contributed by atoms with Crippen molar-refractivity contribution in [2.24, 2.45) is 0 Å². The number of hydrogen-bond acceptors (Lipinski definition) is 9. The van der Waals surface area contributed by atoms with Crippen molar-refractivity contribution in [1.82, 2.24) is 19.8 Å². The number of unbranched alkanes of at least 4 members (excludes halogenated alkanes) is 1. The lowest BCUT2D eigenvalue weighted by Gasteiger charge is -2.38. The molecule has 1 atom stereocenters. The number of nitrogens with zero attached hydrogens (tertiary/aromatic N) is 7. The van der Waals surface area contributed by atoms with E-state index in [0.717, 1.165) is 84.9 Å². The van der Waals surface area contributed by atoms with Crippen molar-refractivity contribution >= 4 is 39.8 Å². The van der Waals surface area contributed by atoms with E-state index in [0.29, 0.717) is 58.0 Å². The summed E-state index contributed by atoms with van der Waals surface area (Å²) in [5, 5.41) is 10.3. The molecule has 3 aromatic carbocycles. The molecule has 0 aliphatic carbocycles. The molecule has 7 rings (SSSR count). The highest BCUT2D eigenvalue weighted by Crippen LogP contribution is 2.37. The number of carbonyl (C=O) groups is 1. The van der Waals surface area contributed by atoms with Crippen LogP contribution in [0.15, 0.2) is 73.3 Å². The highest BCUT2D eigenvalue weighted by molar-refractivity contribution is 6.36. The van der Waals surface area contributed by atoms with E-state index in [1.165, 1.54) is 36.1 Å². The molecule has 11 heteroatoms. The average Bonchev–Trinajstić information content (AvgIpc) is 3.65. The molecule has 4 aromatic rings. The molecule has 3 aliphatic rings. The lowest BCUT2D eigenvalue weighted by Crippen LogP contribution is -2.49. The van der Waals surface area contributed by atoms with Crippen molar-refractivity contribution in [3.63, 3.8) is 0 Å². The Morgan fingerprint density at radius 2 is 1.80 bits per heavy atom. The van der Waals surface area contributed by atoms with Gasteiger partial charge in [0.1, 0.15) is 12.4 Å². The average molecular weight is 750 g/mol. The Morgan fingerprint density at radius 3 is 2.57 bits per heavy atom. The summed E-state index contributed by atoms with van der Waals surface area (Å²) in [6.07, 6.45) is 6.62. The van der Waals surface area contributed by atoms with Gasteiger partial charge in [0.25, 0.3) is 0 Å². The third-order valence-corrected chi connectivity index (χ3v) is 10.8. The molecule has 4 heterocycles. The van der Waals surface area contributed by atoms with Crippen LogP contribution in [0.3, 0.4) is 0 Å². The van der Waals surface area contributed by atoms with Gasteiger partial charge in [-0.05, 0) is 81.3 Å². The van der Waals surface area contributed by atoms with Crippen LogP contribution in [0.2, 0.25) is 5.02 Å². The Balaban J connectivity index is 0.00000160. The van der Waals surface area contributed by atoms with Crippen molar-refractivity contribution in [2.45, 2.75) is 65.1 Å². The zero-order chi connectivity index (χ0) is 37.9. The molecule has 2 fully saturated rings. The number of piperazine rings is 1. The van der Waals surface area contributed by atoms with Gasteiger partial charge in [-0.3, -0.25) is 9.69 Å². The Kier molecular flexibility index (Phi) is 13.8. The summed E-state index contributed by atoms with van der Waals surface area (Å²) in [4.78, 5) is 31.5. The molecule has 0 spiro atoms. The van der Waals surface area contributed by atoms with Gasteiger partial charge in [-0.15, -0.1) is 0 Å². The molecule has 54 heavy (non-hydrogen) atoms. The first-order valence-electron chi connectivity index (χ1n) is 19.2. The van der Waals surface area contributed by atoms with Gasteiger partial charge < -0.3 is 24.2 Å². The van der Waals surface area contributed by atoms with Gasteiger partial charge in [0, 0.05) is 68.9 Å². The monoisotopic (exact) mass is 749 g/mol. The molecule has 10 nitrogen and oxygen atoms in total. The van der Waals surface area contributed by atoms with Crippen LogP contribution in [0.25, 0.3) is 10.8 Å². The topological polar surface area (TPSA) is 98.1 Å². The normalized spacial score (nSPS) is 17.1. The number of rotatable bonds is 13. The van der Waals surface area contributed by atoms with E-state index in [2.05, 4.69) is 76.7 Å². The molecule has 0 N–H and O–H groups in total. The molecule has 0 radical (unpaired) electrons. The van der Waals surface area contributed by atoms with Crippen molar-refractivity contribution in [3.8, 4) is 12.1 Å². The maximum absolute atomic E-state index is 12.3. The number of aromatic nitrogens is 2. The van der Waals surface area contributed by atoms with E-state index < -0.39 is 0 Å². The predicted molar refractivity (Wildman–Crippen MR) is 216 cm³/mol. The molecule has 1 aromatic heterocycles. The minimum Gasteiger partial charge on any atom is -0.462 e. The number of anilines is 2. The fourth-order valence-corrected chi connectivity index (χ4v) is 8.07. The zero-order valence-corrected chi connectivity index (χ0v) is 32.4. The van der Waals surface area contributed by atoms with Gasteiger partial charge in [0.2, 0.25) is 5.91 Å². The van der Waals surface area contributed by atoms with E-state index in [4.69, 9.17) is 36.3 Å². The molecule has 3 aliphatic heterocycles. The Morgan fingerprint density at radius 1 is 1.02 bits per heavy atom. The number of aryl methyl sites for hydroxylation is 1. The lowest BCUT2D eigenvalue weighted by atomic mass is 10.0. The van der Waals surface area contributed by atoms with E-state index in [1.807, 2.05) is 17.0 Å². The first-order valence-corrected chi connectivity index (χ1v) is 19.6. The third-order valence-electron chi connectivity index (χ3n) is 10.5. The summed E-state index contributed by atoms with van der Waals surface area (Å²) in [5.74, 6) is 0.911. The second kappa shape index (κ2) is 19.1. The Labute approximate surface area is 324 Å². The van der Waals surface area contributed by atoms with Crippen LogP contribution in [-0.2, 0) is 29.1 Å². The highest BCUT2D eigenvalue weighted by atomic mass is 35.5. The molecule has 284 valence electrons. The standard InChI is InChI=1S/C41H49ClN6O3.C2H3N/c1-3-38(49)46-21-23-47(24-22-46)40-34-17-20-48(37-16-8-13-32-12-7-15-35(42)39(32)37)27-36(34)43-41(44-40)51-29-33-14-9-19-45(33)18-4-5-25-50-28-31-11-6-10-30(2)26-31;1-2-3/h3,6-8,10-13,15-16,26,33H,1,4-5,9,14,17-25,27-29H2,2H3;1H3. The van der Waals surface area contributed by atoms with Crippen LogP contribution < -0.4 is 14.5 Å². The quantitative estimate of drug-likeness (QED) is 0.103. The van der Waals surface area contributed by atoms with Crippen LogP contribution in [-0.4, -0.2) is 90.7 Å². The smallest absolute Gasteiger partial charge is 0.318 e. The Hall–Kier alpha value is -4.69. The van der Waals surface area contributed by atoms with Crippen LogP contribution in [0.4, 0.5) is 11.5 Å². The van der Waals surface area contributed by atoms with Gasteiger partial charge in [-0.2, -0.15) is 15.2 Å². The molecule has 0 bridgehead atoms. The van der Waals surface area contributed by atoms with Crippen LogP contribution in [0.1, 0.15) is 55.0 Å². The van der Waals surface area contributed by atoms with Gasteiger partial charge >= 0.3 is 6.01 Å². The van der Waals surface area contributed by atoms with Gasteiger partial charge in [-0.25, -0.2) is 0 Å². The summed E-state index contributed by atoms with van der Waals surface area (Å²) in [5.41, 5.74) is 5.77. The minimum absolute atomic E-state index is 0.0244. The Bertz CT molecular complexity index is 1940. The lowest BCUT2D eigenvalue weighted by molar-refractivity contribution is -0.126. The van der Waals surface area contributed by atoms with Crippen molar-refractivity contribution in [3.05, 3.63) is 101 Å². The fraction of sp³-hybridized carbons (Fsp3) is 0.442. The zero-order valence-electron chi connectivity index (χ0n) is 31.7. The number of amides is 1. The number of nitriles is 1. The summed E-state index contributed by atoms with van der Waals surface area (Å²) in [7, 11) is 0. The van der Waals surface area contributed by atoms with Gasteiger partial charge in [-0.1, -0.05) is 72.3 Å². The second-order valence-corrected chi connectivity index (χ2v) is 14.6. The first-order chi connectivity index (χ1) is 26.4. The third kappa shape index (κ3) is 9.69. The molecule has 1 unspecified atom stereocenters. The number of ether oxygens (including phenoxy) is 2. The van der Waals surface area contributed by atoms with E-state index in [-0.39, 0.29) is 5.91 Å². The summed E-state index contributed by atoms with van der Waals surface area (Å²) in [6, 6.07) is 23.5. The van der Waals surface area contributed by atoms with Crippen molar-refractivity contribution < 1.29 is 14.3 Å². The van der Waals surface area contributed by atoms with E-state index >= 15 is 0 Å². The molecule has 2 saturated heterocycles. The number of benzene rings is 3. The van der Waals surface area contributed by atoms with E-state index in [1.54, 1.807) is 6.07 Å². The van der Waals surface area contributed by atoms with Gasteiger partial charge in [0.15, 0.2) is 0 Å². The number of likely N-dealkylation sites (tertiary alicyclic amines) is 1. The SMILES string of the molecule is C=CC(=O)N1CCN(c2nc(OCC3CCCN3CCCCOCc3cccc(C)c3)nc3c2CCN(c2cccc4cccc(Cl)c24)C3)CC1.CC#N. The van der Waals surface area contributed by atoms with Crippen LogP contribution in [0, 0.1) is 18.3 Å². The van der Waals surface area contributed by atoms with Gasteiger partial charge in [0.05, 0.1) is 29.9 Å². The largest absolute Gasteiger partial charge is 0.462 e. The van der Waals surface area contributed by atoms with E-state index in [9.17, 15) is 4.79 Å². The predicted octanol–water partition coefficient (Wildman–Crippen LogP) is 7.36.